The minimum Gasteiger partial charge on any atom is -0.414 e. The molecule has 168 valence electrons. The summed E-state index contributed by atoms with van der Waals surface area (Å²) in [5, 5.41) is 0.0650. The van der Waals surface area contributed by atoms with Gasteiger partial charge in [0.1, 0.15) is 24.1 Å². The molecule has 0 amide bonds. The molecule has 0 saturated carbocycles. The Balaban J connectivity index is 1.73. The van der Waals surface area contributed by atoms with Crippen LogP contribution in [-0.2, 0) is 18.6 Å². The van der Waals surface area contributed by atoms with Gasteiger partial charge >= 0.3 is 0 Å². The predicted molar refractivity (Wildman–Crippen MR) is 118 cm³/mol. The first kappa shape index (κ1) is 22.2. The van der Waals surface area contributed by atoms with Gasteiger partial charge in [0, 0.05) is 0 Å². The van der Waals surface area contributed by atoms with Crippen LogP contribution in [0.5, 0.6) is 0 Å². The maximum absolute atomic E-state index is 6.46. The van der Waals surface area contributed by atoms with Crippen LogP contribution in [-0.4, -0.2) is 58.0 Å². The fraction of sp³-hybridized carbons (Fsp3) is 0.667. The van der Waals surface area contributed by atoms with Crippen LogP contribution >= 0.6 is 0 Å². The minimum absolute atomic E-state index is 0.0650. The molecular formula is C21H31N5O4Si. The highest BCUT2D eigenvalue weighted by Crippen LogP contribution is 2.51. The number of imidazole rings is 1. The molecule has 0 spiro atoms. The van der Waals surface area contributed by atoms with Crippen molar-refractivity contribution in [2.45, 2.75) is 82.6 Å². The van der Waals surface area contributed by atoms with Gasteiger partial charge in [0.15, 0.2) is 31.8 Å². The molecule has 2 saturated heterocycles. The Bertz CT molecular complexity index is 1040. The molecule has 2 fully saturated rings. The normalized spacial score (nSPS) is 30.5. The second-order valence-corrected chi connectivity index (χ2v) is 15.0. The topological polar surface area (TPSA) is 107 Å². The molecule has 2 aromatic heterocycles. The fourth-order valence-electron chi connectivity index (χ4n) is 3.89. The van der Waals surface area contributed by atoms with Gasteiger partial charge in [-0.15, -0.1) is 6.42 Å². The van der Waals surface area contributed by atoms with Crippen molar-refractivity contribution in [1.82, 2.24) is 19.5 Å². The predicted octanol–water partition coefficient (Wildman–Crippen LogP) is 2.85. The van der Waals surface area contributed by atoms with E-state index in [0.29, 0.717) is 17.8 Å². The van der Waals surface area contributed by atoms with Crippen molar-refractivity contribution in [1.29, 1.82) is 0 Å². The van der Waals surface area contributed by atoms with E-state index in [1.54, 1.807) is 10.9 Å². The molecule has 0 aliphatic carbocycles. The molecular weight excluding hydrogens is 414 g/mol. The molecule has 2 aromatic rings. The van der Waals surface area contributed by atoms with Gasteiger partial charge in [0.2, 0.25) is 5.60 Å². The van der Waals surface area contributed by atoms with Crippen molar-refractivity contribution in [2.75, 3.05) is 12.3 Å². The van der Waals surface area contributed by atoms with Crippen molar-refractivity contribution in [2.24, 2.45) is 0 Å². The van der Waals surface area contributed by atoms with Crippen LogP contribution in [0.4, 0.5) is 5.82 Å². The third-order valence-corrected chi connectivity index (χ3v) is 11.0. The Morgan fingerprint density at radius 3 is 2.65 bits per heavy atom. The fourth-order valence-corrected chi connectivity index (χ4v) is 4.91. The van der Waals surface area contributed by atoms with Crippen LogP contribution in [0.3, 0.4) is 0 Å². The number of aromatic nitrogens is 4. The molecule has 0 aromatic carbocycles. The molecule has 2 aliphatic heterocycles. The van der Waals surface area contributed by atoms with Gasteiger partial charge in [-0.2, -0.15) is 0 Å². The SMILES string of the molecule is C#C[C@@]12OC(C)(C)O[C@@H]1[C@@H](CO[Si](C)(C)C(C)(C)C)O[C@H]2n1cnc2c(N)ncnc21. The molecule has 2 aliphatic rings. The van der Waals surface area contributed by atoms with E-state index < -0.39 is 38.1 Å². The summed E-state index contributed by atoms with van der Waals surface area (Å²) in [7, 11) is -2.01. The quantitative estimate of drug-likeness (QED) is 0.566. The molecule has 31 heavy (non-hydrogen) atoms. The number of fused-ring (bicyclic) bond motifs is 2. The summed E-state index contributed by atoms with van der Waals surface area (Å²) in [5.41, 5.74) is 5.80. The maximum atomic E-state index is 6.46. The molecule has 9 nitrogen and oxygen atoms in total. The number of hydrogen-bond donors (Lipinski definition) is 1. The lowest BCUT2D eigenvalue weighted by atomic mass is 9.95. The number of ether oxygens (including phenoxy) is 3. The van der Waals surface area contributed by atoms with E-state index >= 15 is 0 Å². The molecule has 10 heteroatoms. The Hall–Kier alpha value is -2.03. The minimum atomic E-state index is -2.01. The lowest BCUT2D eigenvalue weighted by molar-refractivity contribution is -0.209. The van der Waals surface area contributed by atoms with Crippen molar-refractivity contribution >= 4 is 25.3 Å². The molecule has 0 unspecified atom stereocenters. The highest BCUT2D eigenvalue weighted by atomic mass is 28.4. The number of rotatable bonds is 4. The third-order valence-electron chi connectivity index (χ3n) is 6.54. The molecule has 4 rings (SSSR count). The highest BCUT2D eigenvalue weighted by molar-refractivity contribution is 6.74. The monoisotopic (exact) mass is 445 g/mol. The summed E-state index contributed by atoms with van der Waals surface area (Å²) >= 11 is 0. The van der Waals surface area contributed by atoms with Crippen molar-refractivity contribution in [3.8, 4) is 12.3 Å². The Kier molecular flexibility index (Phi) is 4.99. The van der Waals surface area contributed by atoms with E-state index in [-0.39, 0.29) is 10.9 Å². The average molecular weight is 446 g/mol. The summed E-state index contributed by atoms with van der Waals surface area (Å²) in [5.74, 6) is 2.24. The van der Waals surface area contributed by atoms with Crippen molar-refractivity contribution < 1.29 is 18.6 Å². The molecule has 4 atom stereocenters. The summed E-state index contributed by atoms with van der Waals surface area (Å²) in [4.78, 5) is 12.7. The van der Waals surface area contributed by atoms with Gasteiger partial charge in [-0.1, -0.05) is 26.7 Å². The van der Waals surface area contributed by atoms with E-state index in [2.05, 4.69) is 54.7 Å². The summed E-state index contributed by atoms with van der Waals surface area (Å²) in [6.45, 7) is 15.0. The van der Waals surface area contributed by atoms with Crippen molar-refractivity contribution in [3.63, 3.8) is 0 Å². The Morgan fingerprint density at radius 2 is 2.00 bits per heavy atom. The first-order valence-corrected chi connectivity index (χ1v) is 13.3. The number of anilines is 1. The van der Waals surface area contributed by atoms with Gasteiger partial charge in [-0.05, 0) is 32.0 Å². The second-order valence-electron chi connectivity index (χ2n) is 10.2. The van der Waals surface area contributed by atoms with Gasteiger partial charge < -0.3 is 24.4 Å². The lowest BCUT2D eigenvalue weighted by Gasteiger charge is -2.37. The van der Waals surface area contributed by atoms with Gasteiger partial charge in [-0.25, -0.2) is 15.0 Å². The average Bonchev–Trinajstić information content (AvgIpc) is 3.28. The van der Waals surface area contributed by atoms with Crippen LogP contribution in [0.25, 0.3) is 11.2 Å². The zero-order valence-electron chi connectivity index (χ0n) is 19.2. The number of terminal acetylenes is 1. The van der Waals surface area contributed by atoms with Crippen LogP contribution in [0, 0.1) is 12.3 Å². The largest absolute Gasteiger partial charge is 0.414 e. The third kappa shape index (κ3) is 3.45. The first-order chi connectivity index (χ1) is 14.3. The zero-order chi connectivity index (χ0) is 22.8. The second kappa shape index (κ2) is 6.98. The number of nitrogens with two attached hydrogens (primary N) is 1. The highest BCUT2D eigenvalue weighted by Gasteiger charge is 2.66. The first-order valence-electron chi connectivity index (χ1n) is 10.4. The van der Waals surface area contributed by atoms with Crippen LogP contribution < -0.4 is 5.73 Å². The van der Waals surface area contributed by atoms with Gasteiger partial charge in [-0.3, -0.25) is 4.57 Å². The van der Waals surface area contributed by atoms with Crippen LogP contribution in [0.2, 0.25) is 18.1 Å². The summed E-state index contributed by atoms with van der Waals surface area (Å²) in [6, 6.07) is 0. The lowest BCUT2D eigenvalue weighted by Crippen LogP contribution is -2.46. The molecule has 0 radical (unpaired) electrons. The molecule has 0 bridgehead atoms. The van der Waals surface area contributed by atoms with Crippen LogP contribution in [0.15, 0.2) is 12.7 Å². The van der Waals surface area contributed by atoms with E-state index in [4.69, 9.17) is 30.8 Å². The van der Waals surface area contributed by atoms with Crippen molar-refractivity contribution in [3.05, 3.63) is 12.7 Å². The Morgan fingerprint density at radius 1 is 1.29 bits per heavy atom. The number of hydrogen-bond acceptors (Lipinski definition) is 8. The van der Waals surface area contributed by atoms with E-state index in [9.17, 15) is 0 Å². The standard InChI is InChI=1S/C21H31N5O4Si/c1-9-21-15(29-20(5,6)30-21)13(10-27-31(7,8)19(2,3)4)28-18(21)26-12-25-14-16(22)23-11-24-17(14)26/h1,11-13,15,18H,10H2,2-8H3,(H2,22,23,24)/t13-,15-,18-,21-/m1/s1. The number of nitrogens with zero attached hydrogens (tertiary/aromatic N) is 4. The zero-order valence-corrected chi connectivity index (χ0v) is 20.2. The molecule has 2 N–H and O–H groups in total. The van der Waals surface area contributed by atoms with Gasteiger partial charge in [0.25, 0.3) is 0 Å². The molecule has 4 heterocycles. The Labute approximate surface area is 183 Å². The van der Waals surface area contributed by atoms with Crippen LogP contribution in [0.1, 0.15) is 40.8 Å². The summed E-state index contributed by atoms with van der Waals surface area (Å²) in [6.07, 6.45) is 7.39. The van der Waals surface area contributed by atoms with E-state index in [0.717, 1.165) is 0 Å². The number of nitrogen functional groups attached to an aromatic ring is 1. The van der Waals surface area contributed by atoms with Gasteiger partial charge in [0.05, 0.1) is 12.9 Å². The summed E-state index contributed by atoms with van der Waals surface area (Å²) < 4.78 is 27.2. The van der Waals surface area contributed by atoms with E-state index in [1.807, 2.05) is 13.8 Å². The smallest absolute Gasteiger partial charge is 0.205 e. The maximum Gasteiger partial charge on any atom is 0.205 e. The van der Waals surface area contributed by atoms with E-state index in [1.165, 1.54) is 6.33 Å².